The molecule has 92 valence electrons. The molecule has 0 unspecified atom stereocenters. The second kappa shape index (κ2) is 4.90. The molecule has 0 aliphatic heterocycles. The van der Waals surface area contributed by atoms with Crippen LogP contribution in [0, 0.1) is 0 Å². The summed E-state index contributed by atoms with van der Waals surface area (Å²) in [6.45, 7) is 3.73. The van der Waals surface area contributed by atoms with Gasteiger partial charge in [0, 0.05) is 11.6 Å². The zero-order valence-corrected chi connectivity index (χ0v) is 10.3. The summed E-state index contributed by atoms with van der Waals surface area (Å²) in [6.07, 6.45) is 3.38. The summed E-state index contributed by atoms with van der Waals surface area (Å²) in [7, 11) is 0. The highest BCUT2D eigenvalue weighted by Gasteiger charge is 2.00. The van der Waals surface area contributed by atoms with Crippen molar-refractivity contribution >= 4 is 22.7 Å². The van der Waals surface area contributed by atoms with Crippen LogP contribution in [0.15, 0.2) is 70.7 Å². The summed E-state index contributed by atoms with van der Waals surface area (Å²) in [5, 5.41) is 2.03. The van der Waals surface area contributed by atoms with E-state index in [0.717, 1.165) is 10.8 Å². The van der Waals surface area contributed by atoms with Crippen LogP contribution in [-0.2, 0) is 0 Å². The Morgan fingerprint density at radius 3 is 2.74 bits per heavy atom. The molecule has 3 nitrogen and oxygen atoms in total. The van der Waals surface area contributed by atoms with Gasteiger partial charge in [0.15, 0.2) is 5.82 Å². The van der Waals surface area contributed by atoms with E-state index in [0.29, 0.717) is 17.1 Å². The van der Waals surface area contributed by atoms with Gasteiger partial charge in [-0.25, -0.2) is 4.98 Å². The standard InChI is InChI=1S/C16H12N2O/c1-2-13-11-12-7-3-4-8-14(12)16(19-13)18-15-9-5-6-10-17-15/h2-11H,1H2/b18-16-. The van der Waals surface area contributed by atoms with Crippen LogP contribution in [0.3, 0.4) is 0 Å². The molecule has 19 heavy (non-hydrogen) atoms. The Morgan fingerprint density at radius 2 is 1.95 bits per heavy atom. The third-order valence-corrected chi connectivity index (χ3v) is 2.77. The third-order valence-electron chi connectivity index (χ3n) is 2.77. The van der Waals surface area contributed by atoms with E-state index in [-0.39, 0.29) is 0 Å². The minimum Gasteiger partial charge on any atom is -0.438 e. The first-order chi connectivity index (χ1) is 9.36. The van der Waals surface area contributed by atoms with Crippen LogP contribution in [0.25, 0.3) is 16.8 Å². The number of hydrogen-bond donors (Lipinski definition) is 0. The molecule has 1 aromatic carbocycles. The molecule has 2 heterocycles. The van der Waals surface area contributed by atoms with Crippen molar-refractivity contribution in [3.05, 3.63) is 72.6 Å². The molecule has 3 heteroatoms. The molecule has 0 amide bonds. The van der Waals surface area contributed by atoms with Gasteiger partial charge in [0.2, 0.25) is 5.55 Å². The molecule has 0 N–H and O–H groups in total. The number of fused-ring (bicyclic) bond motifs is 1. The van der Waals surface area contributed by atoms with Crippen molar-refractivity contribution in [2.75, 3.05) is 0 Å². The molecule has 0 radical (unpaired) electrons. The summed E-state index contributed by atoms with van der Waals surface area (Å²) < 4.78 is 5.72. The first-order valence-electron chi connectivity index (χ1n) is 5.98. The third kappa shape index (κ3) is 2.31. The Balaban J connectivity index is 2.33. The predicted molar refractivity (Wildman–Crippen MR) is 75.8 cm³/mol. The molecule has 3 aromatic rings. The fourth-order valence-corrected chi connectivity index (χ4v) is 1.87. The Bertz CT molecular complexity index is 788. The summed E-state index contributed by atoms with van der Waals surface area (Å²) in [6, 6.07) is 15.5. The number of aromatic nitrogens is 1. The average molecular weight is 248 g/mol. The van der Waals surface area contributed by atoms with Crippen LogP contribution in [0.5, 0.6) is 0 Å². The van der Waals surface area contributed by atoms with E-state index in [2.05, 4.69) is 16.6 Å². The molecule has 0 spiro atoms. The zero-order chi connectivity index (χ0) is 13.1. The number of rotatable bonds is 2. The van der Waals surface area contributed by atoms with E-state index in [1.807, 2.05) is 48.5 Å². The highest BCUT2D eigenvalue weighted by atomic mass is 16.3. The molecule has 0 bridgehead atoms. The normalized spacial score (nSPS) is 11.7. The summed E-state index contributed by atoms with van der Waals surface area (Å²) in [4.78, 5) is 8.64. The first-order valence-corrected chi connectivity index (χ1v) is 5.98. The summed E-state index contributed by atoms with van der Waals surface area (Å²) >= 11 is 0. The second-order valence-corrected chi connectivity index (χ2v) is 4.05. The summed E-state index contributed by atoms with van der Waals surface area (Å²) in [5.74, 6) is 1.31. The molecule has 0 aliphatic carbocycles. The topological polar surface area (TPSA) is 38.4 Å². The monoisotopic (exact) mass is 248 g/mol. The van der Waals surface area contributed by atoms with E-state index >= 15 is 0 Å². The van der Waals surface area contributed by atoms with Crippen molar-refractivity contribution < 1.29 is 4.42 Å². The van der Waals surface area contributed by atoms with Crippen LogP contribution in [0.4, 0.5) is 5.82 Å². The Labute approximate surface area is 110 Å². The predicted octanol–water partition coefficient (Wildman–Crippen LogP) is 3.70. The van der Waals surface area contributed by atoms with Crippen molar-refractivity contribution in [2.45, 2.75) is 0 Å². The Kier molecular flexibility index (Phi) is 2.94. The molecule has 0 aliphatic rings. The van der Waals surface area contributed by atoms with Crippen molar-refractivity contribution in [3.8, 4) is 0 Å². The van der Waals surface area contributed by atoms with Gasteiger partial charge in [-0.3, -0.25) is 0 Å². The summed E-state index contributed by atoms with van der Waals surface area (Å²) in [5.41, 5.74) is 0.548. The number of pyridine rings is 1. The van der Waals surface area contributed by atoms with E-state index in [4.69, 9.17) is 4.42 Å². The molecule has 3 rings (SSSR count). The SMILES string of the molecule is C=Cc1cc2ccccc2/c(=N/c2ccccn2)o1. The molecular formula is C16H12N2O. The van der Waals surface area contributed by atoms with E-state index < -0.39 is 0 Å². The molecule has 0 atom stereocenters. The van der Waals surface area contributed by atoms with Gasteiger partial charge in [0.25, 0.3) is 0 Å². The van der Waals surface area contributed by atoms with Gasteiger partial charge in [-0.2, -0.15) is 4.99 Å². The van der Waals surface area contributed by atoms with Gasteiger partial charge in [-0.1, -0.05) is 30.8 Å². The van der Waals surface area contributed by atoms with Crippen LogP contribution in [0.1, 0.15) is 5.76 Å². The zero-order valence-electron chi connectivity index (χ0n) is 10.3. The van der Waals surface area contributed by atoms with Crippen molar-refractivity contribution in [1.82, 2.24) is 4.98 Å². The maximum Gasteiger partial charge on any atom is 0.229 e. The van der Waals surface area contributed by atoms with Crippen molar-refractivity contribution in [1.29, 1.82) is 0 Å². The van der Waals surface area contributed by atoms with E-state index in [1.165, 1.54) is 0 Å². The van der Waals surface area contributed by atoms with Gasteiger partial charge in [0.05, 0.1) is 0 Å². The molecule has 0 saturated heterocycles. The van der Waals surface area contributed by atoms with Gasteiger partial charge >= 0.3 is 0 Å². The number of nitrogens with zero attached hydrogens (tertiary/aromatic N) is 2. The largest absolute Gasteiger partial charge is 0.438 e. The lowest BCUT2D eigenvalue weighted by Gasteiger charge is -2.00. The maximum absolute atomic E-state index is 5.72. The molecule has 0 saturated carbocycles. The second-order valence-electron chi connectivity index (χ2n) is 4.05. The van der Waals surface area contributed by atoms with E-state index in [9.17, 15) is 0 Å². The van der Waals surface area contributed by atoms with Crippen molar-refractivity contribution in [3.63, 3.8) is 0 Å². The molecule has 0 fully saturated rings. The van der Waals surface area contributed by atoms with Gasteiger partial charge in [0.1, 0.15) is 5.76 Å². The van der Waals surface area contributed by atoms with Crippen LogP contribution in [0.2, 0.25) is 0 Å². The van der Waals surface area contributed by atoms with Crippen LogP contribution in [-0.4, -0.2) is 4.98 Å². The highest BCUT2D eigenvalue weighted by molar-refractivity contribution is 5.82. The number of hydrogen-bond acceptors (Lipinski definition) is 3. The van der Waals surface area contributed by atoms with Gasteiger partial charge in [-0.05, 0) is 35.7 Å². The van der Waals surface area contributed by atoms with Crippen molar-refractivity contribution in [2.24, 2.45) is 4.99 Å². The van der Waals surface area contributed by atoms with Gasteiger partial charge in [-0.15, -0.1) is 0 Å². The fraction of sp³-hybridized carbons (Fsp3) is 0. The maximum atomic E-state index is 5.72. The first kappa shape index (κ1) is 11.4. The smallest absolute Gasteiger partial charge is 0.229 e. The Hall–Kier alpha value is -2.68. The fourth-order valence-electron chi connectivity index (χ4n) is 1.87. The lowest BCUT2D eigenvalue weighted by Crippen LogP contribution is -2.03. The minimum absolute atomic E-state index is 0.548. The average Bonchev–Trinajstić information content (AvgIpc) is 2.48. The Morgan fingerprint density at radius 1 is 1.11 bits per heavy atom. The van der Waals surface area contributed by atoms with Crippen LogP contribution < -0.4 is 5.55 Å². The minimum atomic E-state index is 0.548. The van der Waals surface area contributed by atoms with E-state index in [1.54, 1.807) is 12.3 Å². The van der Waals surface area contributed by atoms with Crippen LogP contribution >= 0.6 is 0 Å². The molecular weight excluding hydrogens is 236 g/mol. The highest BCUT2D eigenvalue weighted by Crippen LogP contribution is 2.13. The van der Waals surface area contributed by atoms with Gasteiger partial charge < -0.3 is 4.42 Å². The lowest BCUT2D eigenvalue weighted by atomic mass is 10.1. The number of benzene rings is 1. The lowest BCUT2D eigenvalue weighted by molar-refractivity contribution is 0.496. The molecule has 2 aromatic heterocycles. The quantitative estimate of drug-likeness (QED) is 0.693.